The number of carbonyl (C=O) groups is 1. The van der Waals surface area contributed by atoms with Gasteiger partial charge in [-0.2, -0.15) is 0 Å². The fraction of sp³-hybridized carbons (Fsp3) is 0.933. The zero-order valence-corrected chi connectivity index (χ0v) is 12.1. The molecule has 104 valence electrons. The molecule has 1 aliphatic carbocycles. The van der Waals surface area contributed by atoms with Gasteiger partial charge in [-0.05, 0) is 25.2 Å². The van der Waals surface area contributed by atoms with Crippen molar-refractivity contribution in [2.75, 3.05) is 0 Å². The molecule has 3 atom stereocenters. The lowest BCUT2D eigenvalue weighted by Gasteiger charge is -2.30. The van der Waals surface area contributed by atoms with Gasteiger partial charge in [0, 0.05) is 6.04 Å². The van der Waals surface area contributed by atoms with E-state index in [0.29, 0.717) is 24.0 Å². The van der Waals surface area contributed by atoms with Crippen LogP contribution in [0, 0.1) is 5.92 Å². The van der Waals surface area contributed by atoms with Gasteiger partial charge in [-0.1, -0.05) is 46.5 Å². The topological polar surface area (TPSA) is 32.3 Å². The van der Waals surface area contributed by atoms with E-state index in [1.54, 1.807) is 0 Å². The Balaban J connectivity index is 2.10. The maximum atomic E-state index is 12.6. The Morgan fingerprint density at radius 3 is 2.56 bits per heavy atom. The summed E-state index contributed by atoms with van der Waals surface area (Å²) in [4.78, 5) is 14.8. The molecule has 2 fully saturated rings. The highest BCUT2D eigenvalue weighted by Gasteiger charge is 2.43. The average Bonchev–Trinajstić information content (AvgIpc) is 2.97. The number of nitrogens with one attached hydrogen (secondary N) is 1. The van der Waals surface area contributed by atoms with Gasteiger partial charge >= 0.3 is 0 Å². The Labute approximate surface area is 111 Å². The quantitative estimate of drug-likeness (QED) is 0.816. The molecule has 1 aliphatic heterocycles. The van der Waals surface area contributed by atoms with Crippen molar-refractivity contribution in [3.8, 4) is 0 Å². The highest BCUT2D eigenvalue weighted by atomic mass is 16.2. The molecule has 0 spiro atoms. The molecule has 1 saturated heterocycles. The molecule has 0 aromatic heterocycles. The van der Waals surface area contributed by atoms with E-state index in [1.165, 1.54) is 25.7 Å². The van der Waals surface area contributed by atoms with Crippen LogP contribution >= 0.6 is 0 Å². The molecule has 2 rings (SSSR count). The zero-order chi connectivity index (χ0) is 13.1. The van der Waals surface area contributed by atoms with Gasteiger partial charge in [0.2, 0.25) is 5.91 Å². The normalized spacial score (nSPS) is 31.3. The summed E-state index contributed by atoms with van der Waals surface area (Å²) < 4.78 is 0. The largest absolute Gasteiger partial charge is 0.323 e. The minimum absolute atomic E-state index is 0.0622. The Hall–Kier alpha value is -0.570. The van der Waals surface area contributed by atoms with Gasteiger partial charge in [-0.25, -0.2) is 0 Å². The third-order valence-electron chi connectivity index (χ3n) is 4.72. The molecule has 1 amide bonds. The predicted molar refractivity (Wildman–Crippen MR) is 74.2 cm³/mol. The Morgan fingerprint density at radius 2 is 2.00 bits per heavy atom. The molecule has 3 heteroatoms. The van der Waals surface area contributed by atoms with Gasteiger partial charge in [0.05, 0.1) is 12.2 Å². The summed E-state index contributed by atoms with van der Waals surface area (Å²) in [6.45, 7) is 6.57. The van der Waals surface area contributed by atoms with Crippen LogP contribution in [0.4, 0.5) is 0 Å². The standard InChI is InChI=1S/C15H28N2O/c1-4-8-13-16-14(11(3)5-2)15(18)17(13)12-9-6-7-10-12/h11-14,16H,4-10H2,1-3H3. The lowest BCUT2D eigenvalue weighted by Crippen LogP contribution is -2.43. The van der Waals surface area contributed by atoms with E-state index in [1.807, 2.05) is 0 Å². The smallest absolute Gasteiger partial charge is 0.241 e. The second-order valence-corrected chi connectivity index (χ2v) is 6.02. The third-order valence-corrected chi connectivity index (χ3v) is 4.72. The first kappa shape index (κ1) is 13.9. The van der Waals surface area contributed by atoms with Crippen LogP contribution in [0.5, 0.6) is 0 Å². The minimum atomic E-state index is 0.0622. The van der Waals surface area contributed by atoms with Crippen molar-refractivity contribution < 1.29 is 4.79 Å². The number of hydrogen-bond donors (Lipinski definition) is 1. The molecule has 0 aromatic rings. The van der Waals surface area contributed by atoms with Crippen molar-refractivity contribution in [3.05, 3.63) is 0 Å². The van der Waals surface area contributed by atoms with Gasteiger partial charge in [0.25, 0.3) is 0 Å². The average molecular weight is 252 g/mol. The second kappa shape index (κ2) is 6.05. The van der Waals surface area contributed by atoms with Crippen molar-refractivity contribution in [2.24, 2.45) is 5.92 Å². The molecule has 0 bridgehead atoms. The minimum Gasteiger partial charge on any atom is -0.323 e. The fourth-order valence-electron chi connectivity index (χ4n) is 3.43. The van der Waals surface area contributed by atoms with E-state index in [0.717, 1.165) is 19.3 Å². The predicted octanol–water partition coefficient (Wildman–Crippen LogP) is 2.90. The summed E-state index contributed by atoms with van der Waals surface area (Å²) in [5, 5.41) is 3.60. The summed E-state index contributed by atoms with van der Waals surface area (Å²) in [6.07, 6.45) is 8.60. The molecular formula is C15H28N2O. The van der Waals surface area contributed by atoms with Crippen molar-refractivity contribution in [1.82, 2.24) is 10.2 Å². The number of rotatable bonds is 5. The summed E-state index contributed by atoms with van der Waals surface area (Å²) in [5.74, 6) is 0.818. The lowest BCUT2D eigenvalue weighted by atomic mass is 9.99. The van der Waals surface area contributed by atoms with E-state index in [2.05, 4.69) is 31.0 Å². The molecule has 18 heavy (non-hydrogen) atoms. The molecule has 3 nitrogen and oxygen atoms in total. The number of carbonyl (C=O) groups excluding carboxylic acids is 1. The monoisotopic (exact) mass is 252 g/mol. The van der Waals surface area contributed by atoms with Gasteiger partial charge in [-0.15, -0.1) is 0 Å². The molecule has 2 aliphatic rings. The number of amides is 1. The van der Waals surface area contributed by atoms with E-state index in [9.17, 15) is 4.79 Å². The summed E-state index contributed by atoms with van der Waals surface area (Å²) >= 11 is 0. The first-order valence-corrected chi connectivity index (χ1v) is 7.77. The maximum Gasteiger partial charge on any atom is 0.241 e. The van der Waals surface area contributed by atoms with Gasteiger partial charge < -0.3 is 4.90 Å². The van der Waals surface area contributed by atoms with Crippen molar-refractivity contribution in [3.63, 3.8) is 0 Å². The molecular weight excluding hydrogens is 224 g/mol. The van der Waals surface area contributed by atoms with Crippen molar-refractivity contribution in [1.29, 1.82) is 0 Å². The third kappa shape index (κ3) is 2.56. The van der Waals surface area contributed by atoms with Crippen LogP contribution in [0.3, 0.4) is 0 Å². The molecule has 3 unspecified atom stereocenters. The van der Waals surface area contributed by atoms with Gasteiger partial charge in [0.15, 0.2) is 0 Å². The SMILES string of the molecule is CCCC1NC(C(C)CC)C(=O)N1C1CCCC1. The van der Waals surface area contributed by atoms with E-state index < -0.39 is 0 Å². The van der Waals surface area contributed by atoms with Crippen molar-refractivity contribution in [2.45, 2.75) is 84.0 Å². The van der Waals surface area contributed by atoms with Gasteiger partial charge in [0.1, 0.15) is 0 Å². The summed E-state index contributed by atoms with van der Waals surface area (Å²) in [6, 6.07) is 0.572. The summed E-state index contributed by atoms with van der Waals surface area (Å²) in [7, 11) is 0. The van der Waals surface area contributed by atoms with Crippen LogP contribution in [-0.4, -0.2) is 29.1 Å². The van der Waals surface area contributed by atoms with Crippen LogP contribution in [0.1, 0.15) is 65.7 Å². The Kier molecular flexibility index (Phi) is 4.66. The van der Waals surface area contributed by atoms with Crippen LogP contribution in [0.25, 0.3) is 0 Å². The van der Waals surface area contributed by atoms with Crippen LogP contribution in [0.2, 0.25) is 0 Å². The molecule has 1 N–H and O–H groups in total. The van der Waals surface area contributed by atoms with Crippen LogP contribution in [0.15, 0.2) is 0 Å². The highest BCUT2D eigenvalue weighted by Crippen LogP contribution is 2.31. The van der Waals surface area contributed by atoms with E-state index in [4.69, 9.17) is 0 Å². The number of hydrogen-bond acceptors (Lipinski definition) is 2. The lowest BCUT2D eigenvalue weighted by molar-refractivity contribution is -0.133. The Morgan fingerprint density at radius 1 is 1.33 bits per heavy atom. The van der Waals surface area contributed by atoms with Crippen LogP contribution < -0.4 is 5.32 Å². The summed E-state index contributed by atoms with van der Waals surface area (Å²) in [5.41, 5.74) is 0. The first-order valence-electron chi connectivity index (χ1n) is 7.77. The van der Waals surface area contributed by atoms with E-state index in [-0.39, 0.29) is 6.04 Å². The second-order valence-electron chi connectivity index (χ2n) is 6.02. The maximum absolute atomic E-state index is 12.6. The Bertz CT molecular complexity index is 286. The first-order chi connectivity index (χ1) is 8.69. The zero-order valence-electron chi connectivity index (χ0n) is 12.1. The molecule has 1 saturated carbocycles. The van der Waals surface area contributed by atoms with Crippen molar-refractivity contribution >= 4 is 5.91 Å². The van der Waals surface area contributed by atoms with E-state index >= 15 is 0 Å². The molecule has 0 radical (unpaired) electrons. The molecule has 0 aromatic carbocycles. The molecule has 1 heterocycles. The number of nitrogens with zero attached hydrogens (tertiary/aromatic N) is 1. The van der Waals surface area contributed by atoms with Gasteiger partial charge in [-0.3, -0.25) is 10.1 Å². The van der Waals surface area contributed by atoms with Crippen LogP contribution in [-0.2, 0) is 4.79 Å². The highest BCUT2D eigenvalue weighted by molar-refractivity contribution is 5.85. The fourth-order valence-corrected chi connectivity index (χ4v) is 3.43.